The highest BCUT2D eigenvalue weighted by molar-refractivity contribution is 5.82. The van der Waals surface area contributed by atoms with E-state index in [1.807, 2.05) is 17.0 Å². The number of ether oxygens (including phenoxy) is 2. The minimum absolute atomic E-state index is 0.0243. The molecule has 0 radical (unpaired) electrons. The number of halogens is 1. The molecule has 0 aliphatic carbocycles. The molecule has 2 fully saturated rings. The van der Waals surface area contributed by atoms with Crippen molar-refractivity contribution in [2.75, 3.05) is 33.4 Å². The van der Waals surface area contributed by atoms with Crippen molar-refractivity contribution < 1.29 is 23.8 Å². The fourth-order valence-electron chi connectivity index (χ4n) is 5.61. The fraction of sp³-hybridized carbons (Fsp3) is 0.500. The third kappa shape index (κ3) is 4.43. The van der Waals surface area contributed by atoms with Crippen LogP contribution in [0.2, 0.25) is 0 Å². The summed E-state index contributed by atoms with van der Waals surface area (Å²) in [6.07, 6.45) is 0.998. The van der Waals surface area contributed by atoms with Crippen molar-refractivity contribution in [1.82, 2.24) is 9.80 Å². The van der Waals surface area contributed by atoms with Crippen molar-refractivity contribution >= 4 is 5.91 Å². The van der Waals surface area contributed by atoms with Crippen molar-refractivity contribution in [2.24, 2.45) is 0 Å². The first kappa shape index (κ1) is 22.5. The van der Waals surface area contributed by atoms with Gasteiger partial charge in [-0.05, 0) is 41.7 Å². The molecule has 1 amide bonds. The van der Waals surface area contributed by atoms with Gasteiger partial charge in [0.2, 0.25) is 0 Å². The molecule has 1 N–H and O–H groups in total. The van der Waals surface area contributed by atoms with Gasteiger partial charge in [-0.3, -0.25) is 9.69 Å². The minimum Gasteiger partial charge on any atom is -0.392 e. The maximum absolute atomic E-state index is 13.9. The van der Waals surface area contributed by atoms with Gasteiger partial charge in [-0.2, -0.15) is 0 Å². The van der Waals surface area contributed by atoms with Gasteiger partial charge in [0.15, 0.2) is 0 Å². The zero-order valence-corrected chi connectivity index (χ0v) is 18.9. The molecule has 5 atom stereocenters. The van der Waals surface area contributed by atoms with Crippen LogP contribution in [-0.2, 0) is 20.7 Å². The standard InChI is InChI=1S/C26H31FN2O4/c1-32-24-16-33-23(14-22(24)28-12-11-20(30)15-28)26(31)29-13-10-17-4-2-3-5-21(17)25(29)18-6-8-19(27)9-7-18/h2-9,20,22-25,30H,10-16H2,1H3/t20-,22+,23-,24+,25+/m1/s1. The number of benzene rings is 2. The summed E-state index contributed by atoms with van der Waals surface area (Å²) in [5, 5.41) is 10.0. The number of aliphatic hydroxyl groups is 1. The molecule has 0 aromatic heterocycles. The van der Waals surface area contributed by atoms with Crippen molar-refractivity contribution in [2.45, 2.75) is 49.7 Å². The summed E-state index contributed by atoms with van der Waals surface area (Å²) in [7, 11) is 1.67. The highest BCUT2D eigenvalue weighted by Crippen LogP contribution is 2.37. The Morgan fingerprint density at radius 2 is 1.94 bits per heavy atom. The lowest BCUT2D eigenvalue weighted by molar-refractivity contribution is -0.162. The van der Waals surface area contributed by atoms with Crippen LogP contribution in [0.1, 0.15) is 35.6 Å². The van der Waals surface area contributed by atoms with Crippen LogP contribution in [0.25, 0.3) is 0 Å². The topological polar surface area (TPSA) is 62.2 Å². The van der Waals surface area contributed by atoms with Crippen LogP contribution in [0.5, 0.6) is 0 Å². The molecule has 7 heteroatoms. The minimum atomic E-state index is -0.577. The summed E-state index contributed by atoms with van der Waals surface area (Å²) in [4.78, 5) is 18.0. The number of hydrogen-bond acceptors (Lipinski definition) is 5. The second kappa shape index (κ2) is 9.50. The zero-order valence-electron chi connectivity index (χ0n) is 18.9. The Labute approximate surface area is 193 Å². The Balaban J connectivity index is 1.42. The second-order valence-corrected chi connectivity index (χ2v) is 9.27. The smallest absolute Gasteiger partial charge is 0.252 e. The van der Waals surface area contributed by atoms with Crippen LogP contribution in [0.15, 0.2) is 48.5 Å². The molecular weight excluding hydrogens is 423 g/mol. The molecule has 3 aliphatic rings. The normalized spacial score (nSPS) is 30.3. The summed E-state index contributed by atoms with van der Waals surface area (Å²) < 4.78 is 25.4. The predicted octanol–water partition coefficient (Wildman–Crippen LogP) is 2.54. The largest absolute Gasteiger partial charge is 0.392 e. The van der Waals surface area contributed by atoms with Crippen LogP contribution < -0.4 is 0 Å². The van der Waals surface area contributed by atoms with Crippen LogP contribution in [0.3, 0.4) is 0 Å². The Morgan fingerprint density at radius 3 is 2.67 bits per heavy atom. The predicted molar refractivity (Wildman–Crippen MR) is 121 cm³/mol. The summed E-state index contributed by atoms with van der Waals surface area (Å²) in [6, 6.07) is 14.3. The summed E-state index contributed by atoms with van der Waals surface area (Å²) in [5.41, 5.74) is 3.18. The molecule has 2 aromatic rings. The van der Waals surface area contributed by atoms with E-state index in [2.05, 4.69) is 17.0 Å². The molecule has 2 saturated heterocycles. The van der Waals surface area contributed by atoms with Gasteiger partial charge in [-0.15, -0.1) is 0 Å². The number of carbonyl (C=O) groups is 1. The second-order valence-electron chi connectivity index (χ2n) is 9.27. The van der Waals surface area contributed by atoms with Crippen molar-refractivity contribution in [3.05, 3.63) is 71.0 Å². The van der Waals surface area contributed by atoms with Gasteiger partial charge >= 0.3 is 0 Å². The first-order valence-electron chi connectivity index (χ1n) is 11.8. The van der Waals surface area contributed by atoms with E-state index >= 15 is 0 Å². The maximum atomic E-state index is 13.9. The fourth-order valence-corrected chi connectivity index (χ4v) is 5.61. The van der Waals surface area contributed by atoms with Crippen molar-refractivity contribution in [1.29, 1.82) is 0 Å². The Bertz CT molecular complexity index is 985. The lowest BCUT2D eigenvalue weighted by Crippen LogP contribution is -2.56. The van der Waals surface area contributed by atoms with Gasteiger partial charge in [0.1, 0.15) is 11.9 Å². The third-order valence-electron chi connectivity index (χ3n) is 7.34. The van der Waals surface area contributed by atoms with Gasteiger partial charge in [0.05, 0.1) is 24.9 Å². The number of fused-ring (bicyclic) bond motifs is 1. The van der Waals surface area contributed by atoms with E-state index in [-0.39, 0.29) is 36.0 Å². The first-order valence-corrected chi connectivity index (χ1v) is 11.8. The monoisotopic (exact) mass is 454 g/mol. The Morgan fingerprint density at radius 1 is 1.15 bits per heavy atom. The van der Waals surface area contributed by atoms with Crippen LogP contribution in [-0.4, -0.2) is 78.5 Å². The van der Waals surface area contributed by atoms with Crippen molar-refractivity contribution in [3.8, 4) is 0 Å². The van der Waals surface area contributed by atoms with E-state index in [9.17, 15) is 14.3 Å². The van der Waals surface area contributed by atoms with Gasteiger partial charge in [-0.25, -0.2) is 4.39 Å². The number of carbonyl (C=O) groups excluding carboxylic acids is 1. The molecular formula is C26H31FN2O4. The van der Waals surface area contributed by atoms with Gasteiger partial charge in [-0.1, -0.05) is 36.4 Å². The average Bonchev–Trinajstić information content (AvgIpc) is 3.29. The number of amides is 1. The highest BCUT2D eigenvalue weighted by Gasteiger charge is 2.43. The van der Waals surface area contributed by atoms with E-state index in [0.29, 0.717) is 26.1 Å². The number of β-amino-alcohol motifs (C(OH)–C–C–N with tert-alkyl or cyclic N) is 1. The van der Waals surface area contributed by atoms with E-state index in [1.165, 1.54) is 17.7 Å². The van der Waals surface area contributed by atoms with Crippen LogP contribution >= 0.6 is 0 Å². The molecule has 176 valence electrons. The van der Waals surface area contributed by atoms with Crippen LogP contribution in [0.4, 0.5) is 4.39 Å². The molecule has 6 nitrogen and oxygen atoms in total. The van der Waals surface area contributed by atoms with Gasteiger partial charge in [0, 0.05) is 39.2 Å². The molecule has 0 bridgehead atoms. The van der Waals surface area contributed by atoms with Gasteiger partial charge in [0.25, 0.3) is 5.91 Å². The Kier molecular flexibility index (Phi) is 6.47. The number of rotatable bonds is 4. The molecule has 5 rings (SSSR count). The third-order valence-corrected chi connectivity index (χ3v) is 7.34. The van der Waals surface area contributed by atoms with Gasteiger partial charge < -0.3 is 19.5 Å². The molecule has 33 heavy (non-hydrogen) atoms. The highest BCUT2D eigenvalue weighted by atomic mass is 19.1. The summed E-state index contributed by atoms with van der Waals surface area (Å²) in [6.45, 7) is 2.32. The number of nitrogens with zero attached hydrogens (tertiary/aromatic N) is 2. The lowest BCUT2D eigenvalue weighted by Gasteiger charge is -2.43. The zero-order chi connectivity index (χ0) is 22.9. The molecule has 2 aromatic carbocycles. The summed E-state index contributed by atoms with van der Waals surface area (Å²) in [5.74, 6) is -0.337. The summed E-state index contributed by atoms with van der Waals surface area (Å²) >= 11 is 0. The number of likely N-dealkylation sites (tertiary alicyclic amines) is 1. The molecule has 0 spiro atoms. The Hall–Kier alpha value is -2.32. The molecule has 0 saturated carbocycles. The quantitative estimate of drug-likeness (QED) is 0.770. The number of aliphatic hydroxyl groups excluding tert-OH is 1. The number of hydrogen-bond donors (Lipinski definition) is 1. The lowest BCUT2D eigenvalue weighted by atomic mass is 9.87. The molecule has 3 heterocycles. The SMILES string of the molecule is CO[C@H]1CO[C@@H](C(=O)N2CCc3ccccc3[C@@H]2c2ccc(F)cc2)C[C@@H]1N1CC[C@@H](O)C1. The molecule has 0 unspecified atom stereocenters. The van der Waals surface area contributed by atoms with E-state index in [0.717, 1.165) is 30.5 Å². The maximum Gasteiger partial charge on any atom is 0.252 e. The first-order chi connectivity index (χ1) is 16.0. The van der Waals surface area contributed by atoms with E-state index in [1.54, 1.807) is 19.2 Å². The van der Waals surface area contributed by atoms with E-state index < -0.39 is 6.10 Å². The van der Waals surface area contributed by atoms with Crippen LogP contribution in [0, 0.1) is 5.82 Å². The number of methoxy groups -OCH3 is 1. The van der Waals surface area contributed by atoms with Crippen molar-refractivity contribution in [3.63, 3.8) is 0 Å². The average molecular weight is 455 g/mol. The van der Waals surface area contributed by atoms with E-state index in [4.69, 9.17) is 9.47 Å². The molecule has 3 aliphatic heterocycles.